The highest BCUT2D eigenvalue weighted by molar-refractivity contribution is 8.00. The molecule has 2 fully saturated rings. The number of aromatic nitrogens is 1. The SMILES string of the molecule is CCN(CC)c1ccc([C@H]2c3sc(=O)n(CC(=O)N4CCCCC4)c3SC3C(=O)N(c4ccc(C)cc4)C(=O)C32)cc1. The topological polar surface area (TPSA) is 82.9 Å². The molecule has 0 spiro atoms. The van der Waals surface area contributed by atoms with E-state index in [2.05, 4.69) is 30.9 Å². The van der Waals surface area contributed by atoms with Gasteiger partial charge in [0.25, 0.3) is 0 Å². The zero-order valence-electron chi connectivity index (χ0n) is 24.2. The van der Waals surface area contributed by atoms with E-state index in [0.29, 0.717) is 23.8 Å². The lowest BCUT2D eigenvalue weighted by atomic mass is 9.83. The summed E-state index contributed by atoms with van der Waals surface area (Å²) in [5.74, 6) is -1.72. The Morgan fingerprint density at radius 1 is 0.905 bits per heavy atom. The fourth-order valence-corrected chi connectivity index (χ4v) is 9.20. The van der Waals surface area contributed by atoms with E-state index in [0.717, 1.165) is 65.4 Å². The van der Waals surface area contributed by atoms with Crippen LogP contribution in [0.2, 0.25) is 0 Å². The first-order valence-electron chi connectivity index (χ1n) is 14.8. The molecule has 3 aliphatic rings. The van der Waals surface area contributed by atoms with Crippen molar-refractivity contribution in [1.82, 2.24) is 9.47 Å². The minimum atomic E-state index is -0.691. The molecule has 2 saturated heterocycles. The zero-order chi connectivity index (χ0) is 29.5. The van der Waals surface area contributed by atoms with Gasteiger partial charge in [-0.25, -0.2) is 4.90 Å². The van der Waals surface area contributed by atoms with Gasteiger partial charge in [0.15, 0.2) is 0 Å². The summed E-state index contributed by atoms with van der Waals surface area (Å²) >= 11 is 2.38. The molecule has 220 valence electrons. The van der Waals surface area contributed by atoms with E-state index >= 15 is 0 Å². The van der Waals surface area contributed by atoms with Gasteiger partial charge < -0.3 is 9.80 Å². The number of carbonyl (C=O) groups is 3. The third kappa shape index (κ3) is 4.98. The van der Waals surface area contributed by atoms with Gasteiger partial charge in [0.05, 0.1) is 16.6 Å². The quantitative estimate of drug-likeness (QED) is 0.358. The lowest BCUT2D eigenvalue weighted by molar-refractivity contribution is -0.133. The predicted molar refractivity (Wildman–Crippen MR) is 168 cm³/mol. The van der Waals surface area contributed by atoms with Crippen molar-refractivity contribution in [2.45, 2.75) is 62.8 Å². The number of thioether (sulfide) groups is 1. The number of piperidine rings is 1. The van der Waals surface area contributed by atoms with E-state index in [1.54, 1.807) is 4.57 Å². The highest BCUT2D eigenvalue weighted by atomic mass is 32.2. The number of nitrogens with zero attached hydrogens (tertiary/aromatic N) is 4. The first kappa shape index (κ1) is 28.7. The Kier molecular flexibility index (Phi) is 8.02. The molecule has 6 rings (SSSR count). The molecule has 3 amide bonds. The molecule has 0 saturated carbocycles. The van der Waals surface area contributed by atoms with Crippen molar-refractivity contribution in [3.05, 3.63) is 74.2 Å². The predicted octanol–water partition coefficient (Wildman–Crippen LogP) is 4.87. The van der Waals surface area contributed by atoms with Gasteiger partial charge in [-0.15, -0.1) is 0 Å². The Bertz CT molecular complexity index is 1550. The summed E-state index contributed by atoms with van der Waals surface area (Å²) in [6.07, 6.45) is 3.05. The largest absolute Gasteiger partial charge is 0.372 e. The molecule has 3 atom stereocenters. The number of rotatable bonds is 7. The number of fused-ring (bicyclic) bond motifs is 2. The maximum atomic E-state index is 14.1. The number of hydrogen-bond acceptors (Lipinski definition) is 7. The van der Waals surface area contributed by atoms with Crippen molar-refractivity contribution in [2.24, 2.45) is 5.92 Å². The van der Waals surface area contributed by atoms with E-state index in [1.165, 1.54) is 16.7 Å². The van der Waals surface area contributed by atoms with Gasteiger partial charge in [-0.1, -0.05) is 52.9 Å². The number of aryl methyl sites for hydroxylation is 1. The van der Waals surface area contributed by atoms with Gasteiger partial charge >= 0.3 is 4.87 Å². The molecule has 0 N–H and O–H groups in total. The molecule has 42 heavy (non-hydrogen) atoms. The van der Waals surface area contributed by atoms with E-state index in [1.807, 2.05) is 48.2 Å². The van der Waals surface area contributed by atoms with Crippen molar-refractivity contribution < 1.29 is 14.4 Å². The number of likely N-dealkylation sites (tertiary alicyclic amines) is 1. The molecule has 2 aromatic carbocycles. The van der Waals surface area contributed by atoms with Crippen LogP contribution in [0.25, 0.3) is 0 Å². The summed E-state index contributed by atoms with van der Waals surface area (Å²) < 4.78 is 1.54. The summed E-state index contributed by atoms with van der Waals surface area (Å²) in [6, 6.07) is 15.6. The number of anilines is 2. The number of amides is 3. The van der Waals surface area contributed by atoms with Crippen LogP contribution in [0.3, 0.4) is 0 Å². The molecule has 8 nitrogen and oxygen atoms in total. The van der Waals surface area contributed by atoms with Crippen molar-refractivity contribution >= 4 is 52.2 Å². The maximum absolute atomic E-state index is 14.1. The van der Waals surface area contributed by atoms with Crippen molar-refractivity contribution in [2.75, 3.05) is 36.0 Å². The Morgan fingerprint density at radius 2 is 1.57 bits per heavy atom. The fourth-order valence-electron chi connectivity index (χ4n) is 6.42. The van der Waals surface area contributed by atoms with Gasteiger partial charge in [-0.3, -0.25) is 23.7 Å². The highest BCUT2D eigenvalue weighted by Gasteiger charge is 2.56. The average Bonchev–Trinajstić information content (AvgIpc) is 3.45. The van der Waals surface area contributed by atoms with Crippen molar-refractivity contribution in [1.29, 1.82) is 0 Å². The minimum absolute atomic E-state index is 0.0491. The normalized spacial score (nSPS) is 21.8. The second-order valence-electron chi connectivity index (χ2n) is 11.2. The summed E-state index contributed by atoms with van der Waals surface area (Å²) in [5, 5.41) is -0.0505. The molecule has 10 heteroatoms. The van der Waals surface area contributed by atoms with Crippen LogP contribution in [-0.4, -0.2) is 58.6 Å². The number of carbonyl (C=O) groups excluding carboxylic acids is 3. The molecule has 2 unspecified atom stereocenters. The Balaban J connectivity index is 1.43. The van der Waals surface area contributed by atoms with E-state index < -0.39 is 17.1 Å². The maximum Gasteiger partial charge on any atom is 0.308 e. The second-order valence-corrected chi connectivity index (χ2v) is 13.3. The van der Waals surface area contributed by atoms with Crippen LogP contribution in [0.1, 0.15) is 55.0 Å². The monoisotopic (exact) mass is 604 g/mol. The summed E-state index contributed by atoms with van der Waals surface area (Å²) in [4.78, 5) is 60.7. The van der Waals surface area contributed by atoms with E-state index in [9.17, 15) is 19.2 Å². The Hall–Kier alpha value is -3.37. The average molecular weight is 605 g/mol. The van der Waals surface area contributed by atoms with E-state index in [4.69, 9.17) is 0 Å². The van der Waals surface area contributed by atoms with Crippen LogP contribution in [0.4, 0.5) is 11.4 Å². The first-order valence-corrected chi connectivity index (χ1v) is 16.5. The number of benzene rings is 2. The summed E-state index contributed by atoms with van der Waals surface area (Å²) in [6.45, 7) is 9.30. The van der Waals surface area contributed by atoms with Crippen molar-refractivity contribution in [3.8, 4) is 0 Å². The minimum Gasteiger partial charge on any atom is -0.372 e. The van der Waals surface area contributed by atoms with Gasteiger partial charge in [0.1, 0.15) is 11.8 Å². The third-order valence-electron chi connectivity index (χ3n) is 8.72. The lowest BCUT2D eigenvalue weighted by Crippen LogP contribution is -2.39. The second kappa shape index (κ2) is 11.7. The third-order valence-corrected chi connectivity index (χ3v) is 11.3. The van der Waals surface area contributed by atoms with E-state index in [-0.39, 0.29) is 29.1 Å². The standard InChI is InChI=1S/C32H36N4O4S2/c1-4-33(5-2)22-15-11-21(12-16-22)25-26-27(30(39)36(29(26)38)23-13-9-20(3)10-14-23)41-31-28(25)42-32(40)35(31)19-24(37)34-17-7-6-8-18-34/h9-16,25-27H,4-8,17-19H2,1-3H3/t25-,26?,27?/m1/s1. The van der Waals surface area contributed by atoms with Gasteiger partial charge in [0, 0.05) is 42.7 Å². The highest BCUT2D eigenvalue weighted by Crippen LogP contribution is 2.54. The molecule has 4 heterocycles. The lowest BCUT2D eigenvalue weighted by Gasteiger charge is -2.31. The molecular weight excluding hydrogens is 569 g/mol. The van der Waals surface area contributed by atoms with Crippen LogP contribution in [0.5, 0.6) is 0 Å². The summed E-state index contributed by atoms with van der Waals surface area (Å²) in [7, 11) is 0. The van der Waals surface area contributed by atoms with Gasteiger partial charge in [-0.2, -0.15) is 0 Å². The first-order chi connectivity index (χ1) is 20.3. The number of imide groups is 1. The van der Waals surface area contributed by atoms with Crippen molar-refractivity contribution in [3.63, 3.8) is 0 Å². The molecule has 0 aliphatic carbocycles. The molecule has 1 aromatic heterocycles. The Morgan fingerprint density at radius 3 is 2.21 bits per heavy atom. The Labute approximate surface area is 254 Å². The van der Waals surface area contributed by atoms with Crippen LogP contribution < -0.4 is 14.7 Å². The smallest absolute Gasteiger partial charge is 0.308 e. The number of thiazole rings is 1. The molecular formula is C32H36N4O4S2. The number of hydrogen-bond donors (Lipinski definition) is 0. The fraction of sp³-hybridized carbons (Fsp3) is 0.438. The molecule has 0 bridgehead atoms. The van der Waals surface area contributed by atoms with Crippen LogP contribution >= 0.6 is 23.1 Å². The van der Waals surface area contributed by atoms with Gasteiger partial charge in [-0.05, 0) is 69.9 Å². The molecule has 3 aromatic rings. The molecule has 0 radical (unpaired) electrons. The van der Waals surface area contributed by atoms with Crippen LogP contribution in [0.15, 0.2) is 58.4 Å². The van der Waals surface area contributed by atoms with Crippen LogP contribution in [0, 0.1) is 12.8 Å². The zero-order valence-corrected chi connectivity index (χ0v) is 25.9. The van der Waals surface area contributed by atoms with Gasteiger partial charge in [0.2, 0.25) is 17.7 Å². The summed E-state index contributed by atoms with van der Waals surface area (Å²) in [5.41, 5.74) is 3.58. The van der Waals surface area contributed by atoms with Crippen LogP contribution in [-0.2, 0) is 20.9 Å². The molecule has 3 aliphatic heterocycles.